The van der Waals surface area contributed by atoms with Crippen LogP contribution in [0.3, 0.4) is 0 Å². The first kappa shape index (κ1) is 49.5. The fourth-order valence-electron chi connectivity index (χ4n) is 6.27. The number of aryl methyl sites for hydroxylation is 2. The van der Waals surface area contributed by atoms with Gasteiger partial charge in [-0.05, 0) is 82.1 Å². The summed E-state index contributed by atoms with van der Waals surface area (Å²) in [5.74, 6) is 0.0937. The van der Waals surface area contributed by atoms with Crippen LogP contribution in [0.1, 0.15) is 115 Å². The molecular formula is C50H71N4NbO2-. The van der Waals surface area contributed by atoms with Crippen molar-refractivity contribution in [3.63, 3.8) is 0 Å². The number of allylic oxidation sites excluding steroid dienone is 10. The Labute approximate surface area is 358 Å². The number of hydrogen-bond acceptors (Lipinski definition) is 5. The van der Waals surface area contributed by atoms with Crippen LogP contribution in [0.4, 0.5) is 11.4 Å². The summed E-state index contributed by atoms with van der Waals surface area (Å²) in [6.45, 7) is 38.9. The molecule has 0 saturated carbocycles. The van der Waals surface area contributed by atoms with Crippen LogP contribution in [0.5, 0.6) is 0 Å². The summed E-state index contributed by atoms with van der Waals surface area (Å²) >= 11 is 1.52. The van der Waals surface area contributed by atoms with E-state index >= 15 is 0 Å². The van der Waals surface area contributed by atoms with Crippen LogP contribution in [0.15, 0.2) is 110 Å². The Morgan fingerprint density at radius 1 is 0.579 bits per heavy atom. The predicted octanol–water partition coefficient (Wildman–Crippen LogP) is 13.8. The molecule has 57 heavy (non-hydrogen) atoms. The van der Waals surface area contributed by atoms with E-state index in [0.717, 1.165) is 75.6 Å². The summed E-state index contributed by atoms with van der Waals surface area (Å²) < 4.78 is 3.79. The molecule has 0 aromatic heterocycles. The number of Topliss-reactive ketones (excluding diaryl/α,β-unsaturated/α-hetero) is 2. The first-order valence-electron chi connectivity index (χ1n) is 20.4. The zero-order chi connectivity index (χ0) is 43.5. The molecule has 0 amide bonds. The van der Waals surface area contributed by atoms with E-state index in [1.54, 1.807) is 0 Å². The van der Waals surface area contributed by atoms with Gasteiger partial charge in [-0.2, -0.15) is 13.1 Å². The number of hydrogen-bond donors (Lipinski definition) is 2. The second-order valence-electron chi connectivity index (χ2n) is 18.8. The third-order valence-electron chi connectivity index (χ3n) is 9.73. The van der Waals surface area contributed by atoms with Crippen molar-refractivity contribution in [2.45, 2.75) is 118 Å². The Bertz CT molecular complexity index is 1820. The number of carbonyl (C=O) groups is 2. The minimum Gasteiger partial charge on any atom is -0.360 e. The van der Waals surface area contributed by atoms with Crippen molar-refractivity contribution in [3.05, 3.63) is 123 Å². The van der Waals surface area contributed by atoms with Gasteiger partial charge in [0.1, 0.15) is 0 Å². The molecule has 0 aliphatic heterocycles. The van der Waals surface area contributed by atoms with Gasteiger partial charge in [0.2, 0.25) is 0 Å². The van der Waals surface area contributed by atoms with Crippen molar-refractivity contribution >= 4 is 22.9 Å². The second kappa shape index (κ2) is 20.8. The molecule has 0 heterocycles. The molecule has 0 radical (unpaired) electrons. The summed E-state index contributed by atoms with van der Waals surface area (Å²) in [7, 11) is 0. The average molecular weight is 853 g/mol. The molecule has 309 valence electrons. The monoisotopic (exact) mass is 852 g/mol. The first-order valence-corrected chi connectivity index (χ1v) is 21.4. The smallest absolute Gasteiger partial charge is 0.191 e. The molecule has 0 bridgehead atoms. The molecule has 0 atom stereocenters. The van der Waals surface area contributed by atoms with Crippen molar-refractivity contribution in [1.29, 1.82) is 0 Å². The fourth-order valence-corrected chi connectivity index (χ4v) is 6.27. The van der Waals surface area contributed by atoms with Gasteiger partial charge >= 0.3 is 37.7 Å². The van der Waals surface area contributed by atoms with Crippen LogP contribution in [0.2, 0.25) is 0 Å². The van der Waals surface area contributed by atoms with E-state index < -0.39 is 0 Å². The Morgan fingerprint density at radius 2 is 0.912 bits per heavy atom. The largest absolute Gasteiger partial charge is 0.360 e. The number of benzene rings is 2. The van der Waals surface area contributed by atoms with Gasteiger partial charge in [0, 0.05) is 57.2 Å². The Balaban J connectivity index is 0.00000112. The molecule has 2 aliphatic carbocycles. The normalized spacial score (nSPS) is 16.4. The van der Waals surface area contributed by atoms with Crippen LogP contribution in [0, 0.1) is 35.5 Å². The molecule has 7 heteroatoms. The van der Waals surface area contributed by atoms with Crippen LogP contribution < -0.4 is 10.6 Å². The molecular weight excluding hydrogens is 781 g/mol. The summed E-state index contributed by atoms with van der Waals surface area (Å²) in [4.78, 5) is 27.5. The average Bonchev–Trinajstić information content (AvgIpc) is 3.10. The number of carbonyl (C=O) groups excluding carboxylic acids is 2. The standard InChI is InChI=1S/C44H56N2O2.C4H10N.C2H5N.Nb/c1-27-17-15-19-35(45-25-29-21-31(41(3,4)5)23-33(39(29)47)43(9,10)11)37(27)38-28(2)18-16-20-36(38)46-26-30-22-32(42(6,7)8)24-34(40(30)48)44(12,13)14;1-3-5-4-2;1-2-3;/h15-26,45-46H,1-14H3;3-4H2,1-2H3;2H2,1H3;/q;-1;;/b29-25-,30-26-;;;. The molecule has 0 spiro atoms. The zero-order valence-corrected chi connectivity index (χ0v) is 40.4. The minimum absolute atomic E-state index is 0.0468. The molecule has 6 nitrogen and oxygen atoms in total. The molecule has 0 unspecified atom stereocenters. The fraction of sp³-hybridized carbons (Fsp3) is 0.480. The summed E-state index contributed by atoms with van der Waals surface area (Å²) in [6, 6.07) is 12.4. The summed E-state index contributed by atoms with van der Waals surface area (Å²) in [5, 5.41) is 11.1. The summed E-state index contributed by atoms with van der Waals surface area (Å²) in [5.41, 5.74) is 10.5. The third kappa shape index (κ3) is 14.0. The number of nitrogens with zero attached hydrogens (tertiary/aromatic N) is 2. The number of ketones is 2. The Hall–Kier alpha value is -3.68. The number of rotatable bonds is 8. The van der Waals surface area contributed by atoms with Gasteiger partial charge in [-0.25, -0.2) is 0 Å². The quantitative estimate of drug-likeness (QED) is 0.205. The number of anilines is 2. The number of nitrogens with one attached hydrogen (secondary N) is 2. The van der Waals surface area contributed by atoms with Crippen LogP contribution in [-0.4, -0.2) is 31.2 Å². The van der Waals surface area contributed by atoms with E-state index in [1.807, 2.05) is 57.5 Å². The van der Waals surface area contributed by atoms with Gasteiger partial charge in [0.15, 0.2) is 11.6 Å². The molecule has 0 saturated heterocycles. The van der Waals surface area contributed by atoms with E-state index in [9.17, 15) is 9.59 Å². The molecule has 4 rings (SSSR count). The first-order chi connectivity index (χ1) is 26.3. The van der Waals surface area contributed by atoms with Crippen molar-refractivity contribution < 1.29 is 30.5 Å². The van der Waals surface area contributed by atoms with Gasteiger partial charge in [-0.3, -0.25) is 9.59 Å². The van der Waals surface area contributed by atoms with E-state index in [0.29, 0.717) is 11.1 Å². The van der Waals surface area contributed by atoms with Crippen molar-refractivity contribution in [1.82, 2.24) is 0 Å². The molecule has 2 N–H and O–H groups in total. The van der Waals surface area contributed by atoms with E-state index in [4.69, 9.17) is 0 Å². The van der Waals surface area contributed by atoms with Crippen molar-refractivity contribution in [3.8, 4) is 11.1 Å². The second-order valence-corrected chi connectivity index (χ2v) is 19.5. The SMILES string of the molecule is CC[N-]CC.CC[N]=[Nb].Cc1cccc(N/C=C2/C=C(C(C)(C)C)C=C(C(C)(C)C)C2=O)c1-c1c(C)cccc1N/C=C1/C=C(C(C)(C)C)C=C(C(C)(C)C)C1=O. The maximum absolute atomic E-state index is 13.8. The van der Waals surface area contributed by atoms with Gasteiger partial charge in [-0.1, -0.05) is 133 Å². The van der Waals surface area contributed by atoms with Crippen LogP contribution in [-0.2, 0) is 30.5 Å². The zero-order valence-electron chi connectivity index (χ0n) is 38.2. The predicted molar refractivity (Wildman–Crippen MR) is 242 cm³/mol. The van der Waals surface area contributed by atoms with E-state index in [2.05, 4.69) is 153 Å². The summed E-state index contributed by atoms with van der Waals surface area (Å²) in [6.07, 6.45) is 11.9. The van der Waals surface area contributed by atoms with Gasteiger partial charge in [-0.15, -0.1) is 0 Å². The molecule has 0 fully saturated rings. The maximum atomic E-state index is 13.8. The Morgan fingerprint density at radius 3 is 1.16 bits per heavy atom. The Kier molecular flexibility index (Phi) is 18.1. The van der Waals surface area contributed by atoms with Gasteiger partial charge in [0.05, 0.1) is 0 Å². The third-order valence-corrected chi connectivity index (χ3v) is 10.4. The molecule has 2 aromatic rings. The van der Waals surface area contributed by atoms with Crippen LogP contribution >= 0.6 is 0 Å². The van der Waals surface area contributed by atoms with Crippen LogP contribution in [0.25, 0.3) is 16.4 Å². The maximum Gasteiger partial charge on any atom is 0.191 e. The molecule has 2 aromatic carbocycles. The van der Waals surface area contributed by atoms with E-state index in [-0.39, 0.29) is 33.2 Å². The van der Waals surface area contributed by atoms with Gasteiger partial charge < -0.3 is 16.0 Å². The van der Waals surface area contributed by atoms with Crippen molar-refractivity contribution in [2.75, 3.05) is 30.3 Å². The molecule has 2 aliphatic rings. The topological polar surface area (TPSA) is 84.7 Å². The van der Waals surface area contributed by atoms with Gasteiger partial charge in [0.25, 0.3) is 0 Å². The van der Waals surface area contributed by atoms with E-state index in [1.165, 1.54) is 20.9 Å². The minimum atomic E-state index is -0.280. The van der Waals surface area contributed by atoms with Crippen molar-refractivity contribution in [2.24, 2.45) is 25.0 Å².